The first kappa shape index (κ1) is 17.8. The first-order valence-electron chi connectivity index (χ1n) is 8.75. The monoisotopic (exact) mass is 390 g/mol. The Morgan fingerprint density at radius 2 is 1.85 bits per heavy atom. The average Bonchev–Trinajstić information content (AvgIpc) is 3.33. The molecule has 142 valence electrons. The van der Waals surface area contributed by atoms with Gasteiger partial charge in [0, 0.05) is 13.1 Å². The van der Waals surface area contributed by atoms with E-state index in [0.717, 1.165) is 25.0 Å². The lowest BCUT2D eigenvalue weighted by atomic mass is 9.99. The normalized spacial score (nSPS) is 16.0. The number of aromatic nitrogens is 1. The van der Waals surface area contributed by atoms with Crippen LogP contribution in [0.1, 0.15) is 19.8 Å². The van der Waals surface area contributed by atoms with Gasteiger partial charge in [-0.2, -0.15) is 4.98 Å². The van der Waals surface area contributed by atoms with Gasteiger partial charge in [0.05, 0.1) is 11.2 Å². The van der Waals surface area contributed by atoms with E-state index in [0.29, 0.717) is 24.8 Å². The first-order chi connectivity index (χ1) is 12.9. The standard InChI is InChI=1S/C19H19FN2O4S/c1-13-8-10-22(11-9-13)19-18(21-17(26-19)16-3-2-12-25-16)27(23,24)15-6-4-14(20)5-7-15/h2-7,12-13H,8-11H2,1H3. The molecule has 0 radical (unpaired) electrons. The van der Waals surface area contributed by atoms with E-state index in [1.165, 1.54) is 18.4 Å². The van der Waals surface area contributed by atoms with E-state index in [1.807, 2.05) is 4.90 Å². The molecule has 0 amide bonds. The molecule has 0 aliphatic carbocycles. The molecular weight excluding hydrogens is 371 g/mol. The highest BCUT2D eigenvalue weighted by atomic mass is 32.2. The second-order valence-electron chi connectivity index (χ2n) is 6.73. The van der Waals surface area contributed by atoms with Crippen LogP contribution in [0, 0.1) is 11.7 Å². The molecule has 0 spiro atoms. The summed E-state index contributed by atoms with van der Waals surface area (Å²) in [5.41, 5.74) is 0. The molecule has 1 aliphatic heterocycles. The molecule has 0 saturated carbocycles. The van der Waals surface area contributed by atoms with E-state index >= 15 is 0 Å². The zero-order valence-electron chi connectivity index (χ0n) is 14.8. The van der Waals surface area contributed by atoms with Crippen LogP contribution < -0.4 is 4.90 Å². The SMILES string of the molecule is CC1CCN(c2oc(-c3ccco3)nc2S(=O)(=O)c2ccc(F)cc2)CC1. The molecule has 0 N–H and O–H groups in total. The molecule has 1 saturated heterocycles. The average molecular weight is 390 g/mol. The molecule has 0 bridgehead atoms. The number of oxazole rings is 1. The van der Waals surface area contributed by atoms with Crippen LogP contribution in [0.2, 0.25) is 0 Å². The van der Waals surface area contributed by atoms with Gasteiger partial charge in [-0.1, -0.05) is 6.92 Å². The summed E-state index contributed by atoms with van der Waals surface area (Å²) < 4.78 is 50.7. The Hall–Kier alpha value is -2.61. The summed E-state index contributed by atoms with van der Waals surface area (Å²) in [5.74, 6) is 0.732. The molecule has 0 atom stereocenters. The van der Waals surface area contributed by atoms with Crippen LogP contribution >= 0.6 is 0 Å². The van der Waals surface area contributed by atoms with E-state index in [9.17, 15) is 12.8 Å². The van der Waals surface area contributed by atoms with E-state index in [-0.39, 0.29) is 21.7 Å². The zero-order valence-corrected chi connectivity index (χ0v) is 15.6. The summed E-state index contributed by atoms with van der Waals surface area (Å²) in [6, 6.07) is 8.02. The lowest BCUT2D eigenvalue weighted by Gasteiger charge is -2.30. The van der Waals surface area contributed by atoms with Crippen molar-refractivity contribution in [3.63, 3.8) is 0 Å². The smallest absolute Gasteiger partial charge is 0.266 e. The maximum atomic E-state index is 13.2. The van der Waals surface area contributed by atoms with Crippen molar-refractivity contribution in [1.82, 2.24) is 4.98 Å². The van der Waals surface area contributed by atoms with E-state index in [4.69, 9.17) is 8.83 Å². The molecular formula is C19H19FN2O4S. The van der Waals surface area contributed by atoms with Crippen molar-refractivity contribution in [2.45, 2.75) is 29.7 Å². The number of anilines is 1. The zero-order chi connectivity index (χ0) is 19.0. The molecule has 6 nitrogen and oxygen atoms in total. The highest BCUT2D eigenvalue weighted by molar-refractivity contribution is 7.91. The van der Waals surface area contributed by atoms with Gasteiger partial charge in [-0.05, 0) is 55.2 Å². The van der Waals surface area contributed by atoms with Gasteiger partial charge in [-0.3, -0.25) is 0 Å². The van der Waals surface area contributed by atoms with Crippen LogP contribution in [0.3, 0.4) is 0 Å². The van der Waals surface area contributed by atoms with Crippen LogP contribution in [-0.4, -0.2) is 26.5 Å². The van der Waals surface area contributed by atoms with Gasteiger partial charge in [0.15, 0.2) is 5.76 Å². The summed E-state index contributed by atoms with van der Waals surface area (Å²) in [5, 5.41) is -0.171. The van der Waals surface area contributed by atoms with Gasteiger partial charge < -0.3 is 13.7 Å². The lowest BCUT2D eigenvalue weighted by molar-refractivity contribution is 0.413. The Bertz CT molecular complexity index is 1020. The fourth-order valence-corrected chi connectivity index (χ4v) is 4.44. The minimum atomic E-state index is -3.97. The van der Waals surface area contributed by atoms with Crippen LogP contribution in [0.4, 0.5) is 10.3 Å². The molecule has 3 heterocycles. The number of nitrogens with zero attached hydrogens (tertiary/aromatic N) is 2. The molecule has 4 rings (SSSR count). The first-order valence-corrected chi connectivity index (χ1v) is 10.2. The fourth-order valence-electron chi connectivity index (χ4n) is 3.12. The minimum Gasteiger partial charge on any atom is -0.459 e. The predicted octanol–water partition coefficient (Wildman–Crippen LogP) is 4.14. The van der Waals surface area contributed by atoms with E-state index in [2.05, 4.69) is 11.9 Å². The number of rotatable bonds is 4. The van der Waals surface area contributed by atoms with Crippen molar-refractivity contribution in [2.75, 3.05) is 18.0 Å². The van der Waals surface area contributed by atoms with Crippen LogP contribution in [0.5, 0.6) is 0 Å². The summed E-state index contributed by atoms with van der Waals surface area (Å²) in [6.07, 6.45) is 3.34. The Balaban J connectivity index is 1.81. The largest absolute Gasteiger partial charge is 0.459 e. The molecule has 8 heteroatoms. The molecule has 2 aromatic heterocycles. The lowest BCUT2D eigenvalue weighted by Crippen LogP contribution is -2.33. The topological polar surface area (TPSA) is 76.6 Å². The quantitative estimate of drug-likeness (QED) is 0.623. The Kier molecular flexibility index (Phi) is 4.51. The van der Waals surface area contributed by atoms with Crippen molar-refractivity contribution in [3.05, 3.63) is 48.5 Å². The van der Waals surface area contributed by atoms with Crippen molar-refractivity contribution < 1.29 is 21.6 Å². The fraction of sp³-hybridized carbons (Fsp3) is 0.316. The molecule has 27 heavy (non-hydrogen) atoms. The Morgan fingerprint density at radius 3 is 2.48 bits per heavy atom. The van der Waals surface area contributed by atoms with Gasteiger partial charge in [-0.25, -0.2) is 12.8 Å². The number of piperidine rings is 1. The van der Waals surface area contributed by atoms with Crippen molar-refractivity contribution in [2.24, 2.45) is 5.92 Å². The molecule has 1 aliphatic rings. The van der Waals surface area contributed by atoms with Crippen molar-refractivity contribution in [1.29, 1.82) is 0 Å². The third kappa shape index (κ3) is 3.37. The summed E-state index contributed by atoms with van der Waals surface area (Å²) in [6.45, 7) is 3.53. The Morgan fingerprint density at radius 1 is 1.15 bits per heavy atom. The number of halogens is 1. The van der Waals surface area contributed by atoms with Gasteiger partial charge in [0.1, 0.15) is 5.82 Å². The van der Waals surface area contributed by atoms with Crippen molar-refractivity contribution in [3.8, 4) is 11.7 Å². The van der Waals surface area contributed by atoms with Gasteiger partial charge in [0.2, 0.25) is 20.7 Å². The second kappa shape index (κ2) is 6.84. The highest BCUT2D eigenvalue weighted by Gasteiger charge is 2.33. The Labute approximate surface area is 156 Å². The second-order valence-corrected chi connectivity index (χ2v) is 8.60. The number of hydrogen-bond donors (Lipinski definition) is 0. The van der Waals surface area contributed by atoms with Gasteiger partial charge >= 0.3 is 0 Å². The summed E-state index contributed by atoms with van der Waals surface area (Å²) in [4.78, 5) is 6.10. The minimum absolute atomic E-state index is 0.0326. The van der Waals surface area contributed by atoms with Gasteiger partial charge in [-0.15, -0.1) is 0 Å². The van der Waals surface area contributed by atoms with Crippen molar-refractivity contribution >= 4 is 15.7 Å². The molecule has 0 unspecified atom stereocenters. The van der Waals surface area contributed by atoms with E-state index in [1.54, 1.807) is 12.1 Å². The van der Waals surface area contributed by atoms with Crippen LogP contribution in [0.25, 0.3) is 11.7 Å². The number of sulfone groups is 1. The summed E-state index contributed by atoms with van der Waals surface area (Å²) >= 11 is 0. The highest BCUT2D eigenvalue weighted by Crippen LogP contribution is 2.36. The molecule has 1 fully saturated rings. The van der Waals surface area contributed by atoms with Crippen LogP contribution in [0.15, 0.2) is 61.4 Å². The van der Waals surface area contributed by atoms with Crippen LogP contribution in [-0.2, 0) is 9.84 Å². The van der Waals surface area contributed by atoms with E-state index < -0.39 is 15.7 Å². The predicted molar refractivity (Wildman–Crippen MR) is 96.7 cm³/mol. The maximum absolute atomic E-state index is 13.2. The van der Waals surface area contributed by atoms with Gasteiger partial charge in [0.25, 0.3) is 5.89 Å². The number of furan rings is 1. The third-order valence-electron chi connectivity index (χ3n) is 4.76. The summed E-state index contributed by atoms with van der Waals surface area (Å²) in [7, 11) is -3.97. The number of hydrogen-bond acceptors (Lipinski definition) is 6. The molecule has 1 aromatic carbocycles. The maximum Gasteiger partial charge on any atom is 0.266 e. The number of benzene rings is 1. The molecule has 3 aromatic rings. The third-order valence-corrected chi connectivity index (χ3v) is 6.43.